The van der Waals surface area contributed by atoms with Crippen LogP contribution in [0.1, 0.15) is 40.0 Å². The van der Waals surface area contributed by atoms with E-state index in [0.717, 1.165) is 17.7 Å². The summed E-state index contributed by atoms with van der Waals surface area (Å²) in [4.78, 5) is 8.62. The summed E-state index contributed by atoms with van der Waals surface area (Å²) in [6.07, 6.45) is 7.43. The van der Waals surface area contributed by atoms with Crippen LogP contribution in [0.2, 0.25) is 0 Å². The summed E-state index contributed by atoms with van der Waals surface area (Å²) in [5.41, 5.74) is 1.99. The number of aromatic nitrogens is 3. The lowest BCUT2D eigenvalue weighted by Gasteiger charge is -2.01. The number of rotatable bonds is 4. The standard InChI is InChI=1S/C11H15N3.C2H6/c1-2-3-4-8-14-9-13-10-6-5-7-12-11(10)14;1-2/h5-7,9H,2-4,8H2,1H3;1-2H3. The molecule has 0 aliphatic rings. The van der Waals surface area contributed by atoms with E-state index in [2.05, 4.69) is 21.5 Å². The van der Waals surface area contributed by atoms with Gasteiger partial charge in [0.25, 0.3) is 0 Å². The van der Waals surface area contributed by atoms with Crippen LogP contribution in [0.15, 0.2) is 24.7 Å². The van der Waals surface area contributed by atoms with Crippen molar-refractivity contribution in [2.75, 3.05) is 0 Å². The molecule has 0 spiro atoms. The van der Waals surface area contributed by atoms with Crippen LogP contribution >= 0.6 is 0 Å². The summed E-state index contributed by atoms with van der Waals surface area (Å²) in [6.45, 7) is 7.24. The van der Waals surface area contributed by atoms with Gasteiger partial charge in [-0.05, 0) is 18.6 Å². The molecule has 3 nitrogen and oxygen atoms in total. The lowest BCUT2D eigenvalue weighted by Crippen LogP contribution is -1.96. The molecular formula is C13H21N3. The minimum absolute atomic E-state index is 0.990. The van der Waals surface area contributed by atoms with Crippen molar-refractivity contribution in [3.63, 3.8) is 0 Å². The normalized spacial score (nSPS) is 9.94. The van der Waals surface area contributed by atoms with Crippen LogP contribution in [0, 0.1) is 0 Å². The molecule has 0 aliphatic carbocycles. The van der Waals surface area contributed by atoms with Crippen molar-refractivity contribution in [1.82, 2.24) is 14.5 Å². The van der Waals surface area contributed by atoms with Crippen LogP contribution < -0.4 is 0 Å². The molecule has 2 heterocycles. The number of fused-ring (bicyclic) bond motifs is 1. The van der Waals surface area contributed by atoms with Gasteiger partial charge in [-0.2, -0.15) is 0 Å². The fourth-order valence-electron chi connectivity index (χ4n) is 1.59. The van der Waals surface area contributed by atoms with Crippen molar-refractivity contribution < 1.29 is 0 Å². The molecule has 2 rings (SSSR count). The van der Waals surface area contributed by atoms with Crippen molar-refractivity contribution in [3.8, 4) is 0 Å². The molecule has 0 N–H and O–H groups in total. The van der Waals surface area contributed by atoms with E-state index >= 15 is 0 Å². The van der Waals surface area contributed by atoms with Gasteiger partial charge in [-0.25, -0.2) is 9.97 Å². The van der Waals surface area contributed by atoms with E-state index in [0.29, 0.717) is 0 Å². The molecule has 0 unspecified atom stereocenters. The average molecular weight is 219 g/mol. The predicted octanol–water partition coefficient (Wildman–Crippen LogP) is 3.65. The number of hydrogen-bond acceptors (Lipinski definition) is 2. The average Bonchev–Trinajstić information content (AvgIpc) is 2.76. The first-order valence-corrected chi connectivity index (χ1v) is 6.17. The van der Waals surface area contributed by atoms with Gasteiger partial charge in [-0.15, -0.1) is 0 Å². The molecule has 0 aromatic carbocycles. The molecule has 0 bridgehead atoms. The van der Waals surface area contributed by atoms with Crippen molar-refractivity contribution in [3.05, 3.63) is 24.7 Å². The Kier molecular flexibility index (Phi) is 5.54. The van der Waals surface area contributed by atoms with E-state index in [1.165, 1.54) is 19.3 Å². The topological polar surface area (TPSA) is 30.7 Å². The van der Waals surface area contributed by atoms with E-state index < -0.39 is 0 Å². The summed E-state index contributed by atoms with van der Waals surface area (Å²) in [5, 5.41) is 0. The molecule has 0 saturated carbocycles. The maximum Gasteiger partial charge on any atom is 0.159 e. The summed E-state index contributed by atoms with van der Waals surface area (Å²) >= 11 is 0. The lowest BCUT2D eigenvalue weighted by molar-refractivity contribution is 0.610. The van der Waals surface area contributed by atoms with Gasteiger partial charge in [0.15, 0.2) is 5.65 Å². The van der Waals surface area contributed by atoms with Gasteiger partial charge >= 0.3 is 0 Å². The van der Waals surface area contributed by atoms with Crippen molar-refractivity contribution in [2.24, 2.45) is 0 Å². The van der Waals surface area contributed by atoms with Crippen LogP contribution in [0.25, 0.3) is 11.2 Å². The molecular weight excluding hydrogens is 198 g/mol. The van der Waals surface area contributed by atoms with Crippen LogP contribution in [0.4, 0.5) is 0 Å². The van der Waals surface area contributed by atoms with Crippen molar-refractivity contribution in [1.29, 1.82) is 0 Å². The second kappa shape index (κ2) is 6.99. The molecule has 0 radical (unpaired) electrons. The van der Waals surface area contributed by atoms with Crippen LogP contribution in [0.5, 0.6) is 0 Å². The number of nitrogens with zero attached hydrogens (tertiary/aromatic N) is 3. The third-order valence-corrected chi connectivity index (χ3v) is 2.38. The second-order valence-corrected chi connectivity index (χ2v) is 3.49. The summed E-state index contributed by atoms with van der Waals surface area (Å²) in [7, 11) is 0. The van der Waals surface area contributed by atoms with Gasteiger partial charge in [-0.3, -0.25) is 0 Å². The zero-order valence-corrected chi connectivity index (χ0v) is 10.5. The Bertz CT molecular complexity index is 406. The van der Waals surface area contributed by atoms with Gasteiger partial charge in [-0.1, -0.05) is 33.6 Å². The third-order valence-electron chi connectivity index (χ3n) is 2.38. The molecule has 16 heavy (non-hydrogen) atoms. The van der Waals surface area contributed by atoms with Crippen LogP contribution in [-0.2, 0) is 6.54 Å². The van der Waals surface area contributed by atoms with Crippen LogP contribution in [0.3, 0.4) is 0 Å². The SMILES string of the molecule is CC.CCCCCn1cnc2cccnc21. The highest BCUT2D eigenvalue weighted by atomic mass is 15.1. The number of hydrogen-bond donors (Lipinski definition) is 0. The Labute approximate surface area is 97.5 Å². The number of unbranched alkanes of at least 4 members (excludes halogenated alkanes) is 2. The summed E-state index contributed by atoms with van der Waals surface area (Å²) in [5.74, 6) is 0. The number of pyridine rings is 1. The smallest absolute Gasteiger partial charge is 0.159 e. The summed E-state index contributed by atoms with van der Waals surface area (Å²) in [6, 6.07) is 3.92. The van der Waals surface area contributed by atoms with E-state index in [1.807, 2.05) is 38.5 Å². The van der Waals surface area contributed by atoms with E-state index in [9.17, 15) is 0 Å². The van der Waals surface area contributed by atoms with E-state index in [4.69, 9.17) is 0 Å². The lowest BCUT2D eigenvalue weighted by atomic mass is 10.2. The second-order valence-electron chi connectivity index (χ2n) is 3.49. The van der Waals surface area contributed by atoms with Crippen molar-refractivity contribution in [2.45, 2.75) is 46.6 Å². The molecule has 0 aliphatic heterocycles. The minimum atomic E-state index is 0.990. The molecule has 0 atom stereocenters. The maximum atomic E-state index is 4.32. The first-order chi connectivity index (χ1) is 7.92. The highest BCUT2D eigenvalue weighted by Gasteiger charge is 2.01. The zero-order chi connectivity index (χ0) is 11.8. The molecule has 2 aromatic rings. The third kappa shape index (κ3) is 3.05. The highest BCUT2D eigenvalue weighted by molar-refractivity contribution is 5.69. The van der Waals surface area contributed by atoms with Crippen molar-refractivity contribution >= 4 is 11.2 Å². The highest BCUT2D eigenvalue weighted by Crippen LogP contribution is 2.09. The molecule has 88 valence electrons. The van der Waals surface area contributed by atoms with Gasteiger partial charge < -0.3 is 4.57 Å². The van der Waals surface area contributed by atoms with Gasteiger partial charge in [0.05, 0.1) is 6.33 Å². The Morgan fingerprint density at radius 1 is 1.19 bits per heavy atom. The largest absolute Gasteiger partial charge is 0.315 e. The number of aryl methyl sites for hydroxylation is 1. The fourth-order valence-corrected chi connectivity index (χ4v) is 1.59. The Morgan fingerprint density at radius 3 is 2.75 bits per heavy atom. The maximum absolute atomic E-state index is 4.32. The quantitative estimate of drug-likeness (QED) is 0.735. The first kappa shape index (κ1) is 12.7. The van der Waals surface area contributed by atoms with E-state index in [1.54, 1.807) is 0 Å². The predicted molar refractivity (Wildman–Crippen MR) is 68.4 cm³/mol. The molecule has 0 fully saturated rings. The van der Waals surface area contributed by atoms with E-state index in [-0.39, 0.29) is 0 Å². The van der Waals surface area contributed by atoms with Gasteiger partial charge in [0.2, 0.25) is 0 Å². The first-order valence-electron chi connectivity index (χ1n) is 6.17. The Balaban J connectivity index is 0.000000606. The molecule has 0 saturated heterocycles. The fraction of sp³-hybridized carbons (Fsp3) is 0.538. The molecule has 2 aromatic heterocycles. The molecule has 3 heteroatoms. The minimum Gasteiger partial charge on any atom is -0.315 e. The summed E-state index contributed by atoms with van der Waals surface area (Å²) < 4.78 is 2.13. The Morgan fingerprint density at radius 2 is 2.00 bits per heavy atom. The van der Waals surface area contributed by atoms with Crippen LogP contribution in [-0.4, -0.2) is 14.5 Å². The molecule has 0 amide bonds. The number of imidazole rings is 1. The van der Waals surface area contributed by atoms with Gasteiger partial charge in [0.1, 0.15) is 5.52 Å². The van der Waals surface area contributed by atoms with Gasteiger partial charge in [0, 0.05) is 12.7 Å². The zero-order valence-electron chi connectivity index (χ0n) is 10.5. The Hall–Kier alpha value is -1.38. The monoisotopic (exact) mass is 219 g/mol.